The highest BCUT2D eigenvalue weighted by molar-refractivity contribution is 7.47. The van der Waals surface area contributed by atoms with E-state index in [2.05, 4.69) is 62.5 Å². The van der Waals surface area contributed by atoms with Crippen LogP contribution >= 0.6 is 7.82 Å². The first-order valence-electron chi connectivity index (χ1n) is 21.3. The summed E-state index contributed by atoms with van der Waals surface area (Å²) in [6.45, 7) is 4.00. The number of rotatable bonds is 37. The molecule has 11 heteroatoms. The van der Waals surface area contributed by atoms with Gasteiger partial charge >= 0.3 is 19.8 Å². The van der Waals surface area contributed by atoms with Gasteiger partial charge in [-0.3, -0.25) is 18.6 Å². The third-order valence-corrected chi connectivity index (χ3v) is 9.60. The van der Waals surface area contributed by atoms with E-state index in [4.69, 9.17) is 18.5 Å². The van der Waals surface area contributed by atoms with Gasteiger partial charge in [-0.1, -0.05) is 157 Å². The summed E-state index contributed by atoms with van der Waals surface area (Å²) in [4.78, 5) is 35.3. The molecule has 0 saturated carbocycles. The zero-order valence-electron chi connectivity index (χ0n) is 35.7. The van der Waals surface area contributed by atoms with Crippen LogP contribution in [0.4, 0.5) is 0 Å². The molecule has 0 heterocycles. The summed E-state index contributed by atoms with van der Waals surface area (Å²) >= 11 is 0. The van der Waals surface area contributed by atoms with Crippen LogP contribution in [0.2, 0.25) is 0 Å². The van der Waals surface area contributed by atoms with E-state index in [1.54, 1.807) is 12.2 Å². The smallest absolute Gasteiger partial charge is 0.462 e. The summed E-state index contributed by atoms with van der Waals surface area (Å²) in [5.41, 5.74) is 0. The Kier molecular flexibility index (Phi) is 35.0. The molecule has 0 aromatic heterocycles. The van der Waals surface area contributed by atoms with Crippen molar-refractivity contribution >= 4 is 19.8 Å². The van der Waals surface area contributed by atoms with Gasteiger partial charge in [0.2, 0.25) is 0 Å². The van der Waals surface area contributed by atoms with E-state index in [0.717, 1.165) is 51.4 Å². The van der Waals surface area contributed by atoms with Gasteiger partial charge in [0.05, 0.1) is 33.9 Å². The number of allylic oxidation sites excluding steroid dienone is 11. The van der Waals surface area contributed by atoms with Crippen molar-refractivity contribution in [3.8, 4) is 0 Å². The van der Waals surface area contributed by atoms with E-state index in [-0.39, 0.29) is 32.5 Å². The summed E-state index contributed by atoms with van der Waals surface area (Å²) in [5, 5.41) is 10.3. The van der Waals surface area contributed by atoms with Crippen LogP contribution in [0.15, 0.2) is 72.9 Å². The van der Waals surface area contributed by atoms with E-state index < -0.39 is 38.6 Å². The zero-order valence-corrected chi connectivity index (χ0v) is 36.6. The molecule has 0 aliphatic rings. The van der Waals surface area contributed by atoms with E-state index in [0.29, 0.717) is 17.4 Å². The molecule has 0 bridgehead atoms. The van der Waals surface area contributed by atoms with Gasteiger partial charge in [-0.05, 0) is 44.9 Å². The Bertz CT molecular complexity index is 1200. The molecule has 0 aromatic carbocycles. The van der Waals surface area contributed by atoms with Crippen molar-refractivity contribution in [2.24, 2.45) is 0 Å². The van der Waals surface area contributed by atoms with E-state index in [1.165, 1.54) is 51.4 Å². The number of aliphatic hydroxyl groups excluding tert-OH is 1. The molecule has 3 atom stereocenters. The fourth-order valence-electron chi connectivity index (χ4n) is 5.24. The maximum atomic E-state index is 12.7. The Morgan fingerprint density at radius 3 is 1.70 bits per heavy atom. The minimum atomic E-state index is -4.43. The van der Waals surface area contributed by atoms with Gasteiger partial charge in [-0.25, -0.2) is 4.57 Å². The van der Waals surface area contributed by atoms with Crippen molar-refractivity contribution in [3.63, 3.8) is 0 Å². The number of likely N-dealkylation sites (N-methyl/N-ethyl adjacent to an activating group) is 1. The maximum Gasteiger partial charge on any atom is 0.472 e. The highest BCUT2D eigenvalue weighted by Crippen LogP contribution is 2.43. The van der Waals surface area contributed by atoms with Crippen molar-refractivity contribution in [1.82, 2.24) is 0 Å². The lowest BCUT2D eigenvalue weighted by Gasteiger charge is -2.24. The lowest BCUT2D eigenvalue weighted by Crippen LogP contribution is -2.37. The van der Waals surface area contributed by atoms with Crippen LogP contribution in [0, 0.1) is 0 Å². The number of aliphatic hydroxyl groups is 1. The van der Waals surface area contributed by atoms with Crippen LogP contribution in [-0.4, -0.2) is 86.1 Å². The summed E-state index contributed by atoms with van der Waals surface area (Å²) in [6, 6.07) is 0. The molecule has 0 fully saturated rings. The quantitative estimate of drug-likeness (QED) is 0.0157. The van der Waals surface area contributed by atoms with Gasteiger partial charge < -0.3 is 24.0 Å². The number of phosphoric acid groups is 1. The average molecular weight is 809 g/mol. The molecule has 0 spiro atoms. The minimum Gasteiger partial charge on any atom is -0.462 e. The van der Waals surface area contributed by atoms with Crippen molar-refractivity contribution in [2.75, 3.05) is 47.5 Å². The molecule has 10 nitrogen and oxygen atoms in total. The fraction of sp³-hybridized carbons (Fsp3) is 0.689. The number of phosphoric ester groups is 1. The molecule has 0 radical (unpaired) electrons. The van der Waals surface area contributed by atoms with Crippen LogP contribution in [-0.2, 0) is 32.7 Å². The lowest BCUT2D eigenvalue weighted by atomic mass is 10.0. The normalized spacial score (nSPS) is 14.9. The summed E-state index contributed by atoms with van der Waals surface area (Å²) < 4.78 is 34.0. The minimum absolute atomic E-state index is 0.00642. The monoisotopic (exact) mass is 809 g/mol. The fourth-order valence-corrected chi connectivity index (χ4v) is 5.98. The zero-order chi connectivity index (χ0) is 41.6. The van der Waals surface area contributed by atoms with Gasteiger partial charge in [0.15, 0.2) is 6.10 Å². The van der Waals surface area contributed by atoms with Crippen molar-refractivity contribution in [2.45, 2.75) is 154 Å². The summed E-state index contributed by atoms with van der Waals surface area (Å²) in [6.07, 6.45) is 41.4. The molecule has 2 N–H and O–H groups in total. The first-order chi connectivity index (χ1) is 26.9. The van der Waals surface area contributed by atoms with Gasteiger partial charge in [-0.2, -0.15) is 0 Å². The number of nitrogens with zero attached hydrogens (tertiary/aromatic N) is 1. The Balaban J connectivity index is 4.61. The van der Waals surface area contributed by atoms with Gasteiger partial charge in [0.1, 0.15) is 19.8 Å². The lowest BCUT2D eigenvalue weighted by molar-refractivity contribution is -0.870. The molecule has 0 amide bonds. The topological polar surface area (TPSA) is 129 Å². The van der Waals surface area contributed by atoms with Crippen LogP contribution in [0.5, 0.6) is 0 Å². The largest absolute Gasteiger partial charge is 0.472 e. The molecule has 0 saturated heterocycles. The van der Waals surface area contributed by atoms with Crippen LogP contribution in [0.3, 0.4) is 0 Å². The second kappa shape index (κ2) is 36.7. The van der Waals surface area contributed by atoms with E-state index in [1.807, 2.05) is 33.3 Å². The molecule has 0 aliphatic carbocycles. The molecule has 56 heavy (non-hydrogen) atoms. The first kappa shape index (κ1) is 53.4. The highest BCUT2D eigenvalue weighted by atomic mass is 31.2. The molecule has 2 unspecified atom stereocenters. The molecule has 322 valence electrons. The standard InChI is InChI=1S/C45H78NO9P/c1-6-8-10-12-14-16-18-20-21-22-23-24-26-28-30-32-34-42(47)36-37-44(48)52-40-43(41-54-56(50,51)53-39-38-46(3,4)5)55-45(49)35-33-31-29-27-25-19-17-15-13-11-9-7-2/h8,10,14,16,20-21,23-24,28,30,32,34,42-43,47H,6-7,9,11-13,15,17-19,22,25-27,29,31,33,35-41H2,1-5H3/p+1/b10-8-,16-14-,21-20-,24-23-,30-28-,34-32-/t42?,43-/m1/s1. The van der Waals surface area contributed by atoms with Crippen molar-refractivity contribution < 1.29 is 47.2 Å². The summed E-state index contributed by atoms with van der Waals surface area (Å²) in [5.74, 6) is -1.09. The number of carbonyl (C=O) groups excluding carboxylic acids is 2. The first-order valence-corrected chi connectivity index (χ1v) is 22.8. The predicted molar refractivity (Wildman–Crippen MR) is 230 cm³/mol. The summed E-state index contributed by atoms with van der Waals surface area (Å²) in [7, 11) is 1.35. The molecule has 0 aliphatic heterocycles. The van der Waals surface area contributed by atoms with E-state index in [9.17, 15) is 24.2 Å². The third-order valence-electron chi connectivity index (χ3n) is 8.62. The number of hydrogen-bond donors (Lipinski definition) is 2. The number of esters is 2. The second-order valence-electron chi connectivity index (χ2n) is 15.2. The average Bonchev–Trinajstić information content (AvgIpc) is 3.14. The Hall–Kier alpha value is -2.59. The molecule has 0 rings (SSSR count). The number of unbranched alkanes of at least 4 members (excludes halogenated alkanes) is 11. The van der Waals surface area contributed by atoms with Crippen LogP contribution < -0.4 is 0 Å². The van der Waals surface area contributed by atoms with Crippen LogP contribution in [0.1, 0.15) is 142 Å². The van der Waals surface area contributed by atoms with E-state index >= 15 is 0 Å². The van der Waals surface area contributed by atoms with Gasteiger partial charge in [0.25, 0.3) is 0 Å². The molecule has 0 aromatic rings. The number of quaternary nitrogens is 1. The van der Waals surface area contributed by atoms with Crippen LogP contribution in [0.25, 0.3) is 0 Å². The van der Waals surface area contributed by atoms with Gasteiger partial charge in [0, 0.05) is 12.8 Å². The number of hydrogen-bond acceptors (Lipinski definition) is 8. The van der Waals surface area contributed by atoms with Crippen molar-refractivity contribution in [1.29, 1.82) is 0 Å². The Morgan fingerprint density at radius 1 is 0.643 bits per heavy atom. The Labute approximate surface area is 341 Å². The van der Waals surface area contributed by atoms with Crippen molar-refractivity contribution in [3.05, 3.63) is 72.9 Å². The third kappa shape index (κ3) is 39.6. The molecular weight excluding hydrogens is 729 g/mol. The highest BCUT2D eigenvalue weighted by Gasteiger charge is 2.27. The second-order valence-corrected chi connectivity index (χ2v) is 16.7. The predicted octanol–water partition coefficient (Wildman–Crippen LogP) is 10.8. The maximum absolute atomic E-state index is 12.7. The number of carbonyl (C=O) groups is 2. The number of ether oxygens (including phenoxy) is 2. The molecular formula is C45H79NO9P+. The SMILES string of the molecule is CC/C=C\C/C=C\C/C=C\C/C=C\C/C=C\C=C/C(O)CCC(=O)OC[C@H](COP(=O)(O)OCC[N+](C)(C)C)OC(=O)CCCCCCCCCCCCCC. The van der Waals surface area contributed by atoms with Gasteiger partial charge in [-0.15, -0.1) is 0 Å². The Morgan fingerprint density at radius 2 is 1.16 bits per heavy atom.